The van der Waals surface area contributed by atoms with Gasteiger partial charge in [-0.2, -0.15) is 17.6 Å². The number of fused-ring (bicyclic) bond motifs is 1. The Morgan fingerprint density at radius 2 is 1.82 bits per heavy atom. The first-order valence-corrected chi connectivity index (χ1v) is 14.3. The third-order valence-corrected chi connectivity index (χ3v) is 6.51. The molecule has 1 aromatic carbocycles. The smallest absolute Gasteiger partial charge is 0.327 e. The summed E-state index contributed by atoms with van der Waals surface area (Å²) in [7, 11) is 0. The number of carboxylic acids is 1. The monoisotopic (exact) mass is 629 g/mol. The number of nitrogens with zero attached hydrogens (tertiary/aromatic N) is 3. The Bertz CT molecular complexity index is 1520. The van der Waals surface area contributed by atoms with Crippen molar-refractivity contribution >= 4 is 59.1 Å². The maximum atomic E-state index is 12.6. The number of aromatic amines is 1. The average Bonchev–Trinajstić information content (AvgIpc) is 2.99. The lowest BCUT2D eigenvalue weighted by Crippen LogP contribution is -2.42. The van der Waals surface area contributed by atoms with Gasteiger partial charge >= 0.3 is 5.97 Å². The number of rotatable bonds is 17. The van der Waals surface area contributed by atoms with Gasteiger partial charge in [0.1, 0.15) is 6.04 Å². The average molecular weight is 630 g/mol. The zero-order valence-electron chi connectivity index (χ0n) is 24.0. The molecule has 0 fully saturated rings. The Kier molecular flexibility index (Phi) is 12.8. The maximum Gasteiger partial charge on any atom is 0.327 e. The molecule has 44 heavy (non-hydrogen) atoms. The van der Waals surface area contributed by atoms with Crippen LogP contribution in [0.25, 0.3) is 11.2 Å². The number of nitrogens with two attached hydrogens (primary N) is 1. The molecule has 0 aliphatic rings. The standard InChI is InChI=1S/C27H35N9O7S/c1-15(2-7-20(37)29-9-11-43-10-8-21(38)34-19(14-44)26(41)42)32-24(39)16-3-5-17(6-4-16)30-12-18-13-31-23-22(33-18)25(40)36-27(28)35-23/h3-6,13,15,19,30,44H,2,7-12,14H2,1H3,(H,29,37)(H,32,39)(H,34,38)(H,41,42)(H3,28,31,35,36,40)/t15-,19-/m1/s1. The second kappa shape index (κ2) is 16.8. The number of carbonyl (C=O) groups is 4. The van der Waals surface area contributed by atoms with Gasteiger partial charge in [-0.3, -0.25) is 24.2 Å². The Balaban J connectivity index is 1.31. The van der Waals surface area contributed by atoms with E-state index in [-0.39, 0.29) is 79.9 Å². The van der Waals surface area contributed by atoms with Crippen LogP contribution in [0.1, 0.15) is 42.2 Å². The lowest BCUT2D eigenvalue weighted by atomic mass is 10.1. The summed E-state index contributed by atoms with van der Waals surface area (Å²) in [4.78, 5) is 74.1. The SMILES string of the molecule is C[C@H](CCC(=O)NCCOCCC(=O)N[C@H](CS)C(=O)O)NC(=O)c1ccc(NCc2cnc3nc(N)[nH]c(=O)c3n2)cc1. The molecule has 0 saturated carbocycles. The number of nitrogens with one attached hydrogen (secondary N) is 5. The lowest BCUT2D eigenvalue weighted by Gasteiger charge is -2.14. The summed E-state index contributed by atoms with van der Waals surface area (Å²) in [6.07, 6.45) is 2.10. The number of carbonyl (C=O) groups excluding carboxylic acids is 3. The predicted octanol–water partition coefficient (Wildman–Crippen LogP) is -0.172. The van der Waals surface area contributed by atoms with Crippen molar-refractivity contribution in [3.8, 4) is 0 Å². The number of nitrogen functional groups attached to an aromatic ring is 1. The van der Waals surface area contributed by atoms with Crippen LogP contribution in [0.3, 0.4) is 0 Å². The summed E-state index contributed by atoms with van der Waals surface area (Å²) in [6, 6.07) is 5.48. The fourth-order valence-corrected chi connectivity index (χ4v) is 4.03. The summed E-state index contributed by atoms with van der Waals surface area (Å²) in [5, 5.41) is 20.0. The number of benzene rings is 1. The molecule has 2 heterocycles. The molecular formula is C27H35N9O7S. The van der Waals surface area contributed by atoms with Crippen LogP contribution in [0.2, 0.25) is 0 Å². The van der Waals surface area contributed by atoms with Gasteiger partial charge in [0.05, 0.1) is 31.6 Å². The Labute approximate surface area is 257 Å². The molecule has 2 aromatic heterocycles. The Hall–Kier alpha value is -4.77. The zero-order valence-corrected chi connectivity index (χ0v) is 24.9. The molecule has 2 atom stereocenters. The molecule has 17 heteroatoms. The van der Waals surface area contributed by atoms with Crippen molar-refractivity contribution in [3.05, 3.63) is 52.1 Å². The highest BCUT2D eigenvalue weighted by Gasteiger charge is 2.17. The minimum Gasteiger partial charge on any atom is -0.480 e. The maximum absolute atomic E-state index is 12.6. The molecule has 3 aromatic rings. The zero-order chi connectivity index (χ0) is 32.1. The molecule has 236 valence electrons. The van der Waals surface area contributed by atoms with Gasteiger partial charge in [0, 0.05) is 42.4 Å². The first kappa shape index (κ1) is 33.7. The van der Waals surface area contributed by atoms with Gasteiger partial charge in [-0.05, 0) is 37.6 Å². The van der Waals surface area contributed by atoms with E-state index in [9.17, 15) is 24.0 Å². The number of hydrogen-bond donors (Lipinski definition) is 8. The summed E-state index contributed by atoms with van der Waals surface area (Å²) < 4.78 is 5.30. The summed E-state index contributed by atoms with van der Waals surface area (Å²) >= 11 is 3.88. The summed E-state index contributed by atoms with van der Waals surface area (Å²) in [6.45, 7) is 2.60. The third-order valence-electron chi connectivity index (χ3n) is 6.15. The van der Waals surface area contributed by atoms with Crippen LogP contribution in [0.15, 0.2) is 35.3 Å². The fourth-order valence-electron chi connectivity index (χ4n) is 3.79. The predicted molar refractivity (Wildman–Crippen MR) is 164 cm³/mol. The largest absolute Gasteiger partial charge is 0.480 e. The van der Waals surface area contributed by atoms with Gasteiger partial charge in [0.2, 0.25) is 17.8 Å². The van der Waals surface area contributed by atoms with Crippen LogP contribution in [-0.2, 0) is 25.7 Å². The molecule has 3 amide bonds. The highest BCUT2D eigenvalue weighted by atomic mass is 32.1. The second-order valence-electron chi connectivity index (χ2n) is 9.68. The van der Waals surface area contributed by atoms with Crippen molar-refractivity contribution < 1.29 is 29.0 Å². The highest BCUT2D eigenvalue weighted by molar-refractivity contribution is 7.80. The van der Waals surface area contributed by atoms with E-state index in [2.05, 4.69) is 53.8 Å². The van der Waals surface area contributed by atoms with Gasteiger partial charge in [-0.1, -0.05) is 0 Å². The van der Waals surface area contributed by atoms with E-state index < -0.39 is 23.5 Å². The number of ether oxygens (including phenoxy) is 1. The van der Waals surface area contributed by atoms with Crippen molar-refractivity contribution in [2.24, 2.45) is 0 Å². The van der Waals surface area contributed by atoms with Crippen molar-refractivity contribution in [2.75, 3.05) is 36.6 Å². The van der Waals surface area contributed by atoms with Gasteiger partial charge in [-0.25, -0.2) is 14.8 Å². The number of H-pyrrole nitrogens is 1. The van der Waals surface area contributed by atoms with E-state index >= 15 is 0 Å². The lowest BCUT2D eigenvalue weighted by molar-refractivity contribution is -0.141. The van der Waals surface area contributed by atoms with Crippen LogP contribution in [0.4, 0.5) is 11.6 Å². The van der Waals surface area contributed by atoms with E-state index in [4.69, 9.17) is 15.6 Å². The molecule has 0 unspecified atom stereocenters. The van der Waals surface area contributed by atoms with Crippen LogP contribution in [-0.4, -0.2) is 86.3 Å². The Morgan fingerprint density at radius 3 is 2.52 bits per heavy atom. The Morgan fingerprint density at radius 1 is 1.07 bits per heavy atom. The molecule has 0 radical (unpaired) electrons. The van der Waals surface area contributed by atoms with Gasteiger partial charge in [-0.15, -0.1) is 0 Å². The van der Waals surface area contributed by atoms with Gasteiger partial charge in [0.15, 0.2) is 11.2 Å². The molecule has 0 spiro atoms. The molecular weight excluding hydrogens is 594 g/mol. The number of anilines is 2. The molecule has 8 N–H and O–H groups in total. The van der Waals surface area contributed by atoms with Crippen LogP contribution in [0.5, 0.6) is 0 Å². The minimum absolute atomic E-state index is 0.0135. The van der Waals surface area contributed by atoms with Crippen molar-refractivity contribution in [2.45, 2.75) is 44.8 Å². The van der Waals surface area contributed by atoms with Crippen molar-refractivity contribution in [1.82, 2.24) is 35.9 Å². The first-order valence-electron chi connectivity index (χ1n) is 13.7. The summed E-state index contributed by atoms with van der Waals surface area (Å²) in [5.74, 6) is -2.16. The normalized spacial score (nSPS) is 12.2. The van der Waals surface area contributed by atoms with E-state index in [0.29, 0.717) is 17.7 Å². The molecule has 0 bridgehead atoms. The third kappa shape index (κ3) is 10.8. The molecule has 0 aliphatic carbocycles. The molecule has 16 nitrogen and oxygen atoms in total. The van der Waals surface area contributed by atoms with Crippen LogP contribution >= 0.6 is 12.6 Å². The minimum atomic E-state index is -1.16. The van der Waals surface area contributed by atoms with E-state index in [0.717, 1.165) is 5.69 Å². The number of hydrogen-bond acceptors (Lipinski definition) is 12. The van der Waals surface area contributed by atoms with Crippen molar-refractivity contribution in [1.29, 1.82) is 0 Å². The first-order chi connectivity index (χ1) is 21.0. The highest BCUT2D eigenvalue weighted by Crippen LogP contribution is 2.12. The number of thiol groups is 1. The molecule has 3 rings (SSSR count). The van der Waals surface area contributed by atoms with E-state index in [1.54, 1.807) is 31.2 Å². The quantitative estimate of drug-likeness (QED) is 0.0717. The van der Waals surface area contributed by atoms with E-state index in [1.165, 1.54) is 6.20 Å². The summed E-state index contributed by atoms with van der Waals surface area (Å²) in [5.41, 5.74) is 6.98. The second-order valence-corrected chi connectivity index (χ2v) is 10.0. The van der Waals surface area contributed by atoms with Crippen molar-refractivity contribution in [3.63, 3.8) is 0 Å². The number of amides is 3. The number of aliphatic carboxylic acids is 1. The van der Waals surface area contributed by atoms with Crippen LogP contribution in [0, 0.1) is 0 Å². The number of aromatic nitrogens is 4. The number of carboxylic acid groups (broad SMARTS) is 1. The molecule has 0 saturated heterocycles. The topological polar surface area (TPSA) is 243 Å². The van der Waals surface area contributed by atoms with Gasteiger partial charge < -0.3 is 36.8 Å². The fraction of sp³-hybridized carbons (Fsp3) is 0.407. The van der Waals surface area contributed by atoms with Gasteiger partial charge in [0.25, 0.3) is 11.5 Å². The van der Waals surface area contributed by atoms with Crippen LogP contribution < -0.4 is 32.6 Å². The molecule has 0 aliphatic heterocycles. The van der Waals surface area contributed by atoms with E-state index in [1.807, 2.05) is 0 Å².